The first kappa shape index (κ1) is 14.6. The van der Waals surface area contributed by atoms with Gasteiger partial charge in [0, 0.05) is 4.88 Å². The fourth-order valence-corrected chi connectivity index (χ4v) is 2.63. The van der Waals surface area contributed by atoms with Crippen LogP contribution in [-0.4, -0.2) is 11.8 Å². The van der Waals surface area contributed by atoms with E-state index in [2.05, 4.69) is 5.16 Å². The molecule has 104 valence electrons. The molecule has 2 aromatic rings. The number of nitrogens with two attached hydrogens (primary N) is 1. The van der Waals surface area contributed by atoms with Crippen LogP contribution in [0, 0.1) is 6.92 Å². The summed E-state index contributed by atoms with van der Waals surface area (Å²) in [5.74, 6) is -0.201. The van der Waals surface area contributed by atoms with E-state index in [0.717, 1.165) is 10.4 Å². The van der Waals surface area contributed by atoms with Gasteiger partial charge >= 0.3 is 5.97 Å². The highest BCUT2D eigenvalue weighted by Gasteiger charge is 2.14. The number of thiophene rings is 1. The molecule has 6 heteroatoms. The van der Waals surface area contributed by atoms with Crippen LogP contribution in [0.4, 0.5) is 0 Å². The maximum Gasteiger partial charge on any atom is 0.389 e. The predicted molar refractivity (Wildman–Crippen MR) is 79.8 cm³/mol. The number of carbonyl (C=O) groups is 1. The minimum atomic E-state index is -0.566. The van der Waals surface area contributed by atoms with Crippen molar-refractivity contribution in [3.8, 4) is 0 Å². The molecule has 0 saturated heterocycles. The van der Waals surface area contributed by atoms with Crippen molar-refractivity contribution in [3.63, 3.8) is 0 Å². The van der Waals surface area contributed by atoms with Gasteiger partial charge < -0.3 is 0 Å². The number of carbonyl (C=O) groups excluding carboxylic acids is 1. The van der Waals surface area contributed by atoms with Gasteiger partial charge in [-0.15, -0.1) is 11.3 Å². The van der Waals surface area contributed by atoms with E-state index >= 15 is 0 Å². The number of rotatable bonds is 4. The molecule has 20 heavy (non-hydrogen) atoms. The van der Waals surface area contributed by atoms with Gasteiger partial charge in [-0.25, -0.2) is 4.79 Å². The van der Waals surface area contributed by atoms with Gasteiger partial charge in [0.2, 0.25) is 0 Å². The Morgan fingerprint density at radius 3 is 2.90 bits per heavy atom. The SMILES string of the molecule is Cc1ccc(C(=O)O[NH+]=C(N)Cc2cccs2)c(Cl)c1. The zero-order valence-electron chi connectivity index (χ0n) is 10.9. The smallest absolute Gasteiger partial charge is 0.288 e. The van der Waals surface area contributed by atoms with Crippen LogP contribution >= 0.6 is 22.9 Å². The van der Waals surface area contributed by atoms with Crippen LogP contribution in [0.3, 0.4) is 0 Å². The van der Waals surface area contributed by atoms with Crippen molar-refractivity contribution < 1.29 is 14.8 Å². The van der Waals surface area contributed by atoms with Gasteiger partial charge in [-0.2, -0.15) is 0 Å². The van der Waals surface area contributed by atoms with Crippen LogP contribution in [0.2, 0.25) is 5.02 Å². The van der Waals surface area contributed by atoms with Crippen LogP contribution in [0.25, 0.3) is 0 Å². The van der Waals surface area contributed by atoms with Gasteiger partial charge in [0.1, 0.15) is 0 Å². The molecule has 0 aliphatic carbocycles. The molecule has 0 amide bonds. The molecule has 0 radical (unpaired) electrons. The van der Waals surface area contributed by atoms with Crippen LogP contribution in [0.1, 0.15) is 20.8 Å². The van der Waals surface area contributed by atoms with E-state index in [4.69, 9.17) is 22.2 Å². The second-order valence-corrected chi connectivity index (χ2v) is 5.70. The Kier molecular flexibility index (Phi) is 4.76. The molecular weight excluding hydrogens is 296 g/mol. The summed E-state index contributed by atoms with van der Waals surface area (Å²) in [5, 5.41) is 4.77. The van der Waals surface area contributed by atoms with E-state index in [1.165, 1.54) is 0 Å². The number of benzene rings is 1. The summed E-state index contributed by atoms with van der Waals surface area (Å²) in [5.41, 5.74) is 7.03. The molecule has 1 aromatic carbocycles. The summed E-state index contributed by atoms with van der Waals surface area (Å²) in [7, 11) is 0. The summed E-state index contributed by atoms with van der Waals surface area (Å²) in [4.78, 5) is 17.9. The highest BCUT2D eigenvalue weighted by atomic mass is 35.5. The Bertz CT molecular complexity index is 639. The van der Waals surface area contributed by atoms with E-state index in [0.29, 0.717) is 22.8 Å². The third-order valence-corrected chi connectivity index (χ3v) is 3.75. The molecule has 4 nitrogen and oxygen atoms in total. The van der Waals surface area contributed by atoms with E-state index in [-0.39, 0.29) is 0 Å². The maximum absolute atomic E-state index is 11.8. The number of hydrogen-bond donors (Lipinski definition) is 2. The van der Waals surface area contributed by atoms with Crippen LogP contribution < -0.4 is 10.9 Å². The Morgan fingerprint density at radius 2 is 2.25 bits per heavy atom. The third kappa shape index (κ3) is 3.82. The van der Waals surface area contributed by atoms with Crippen LogP contribution in [0.15, 0.2) is 35.7 Å². The second-order valence-electron chi connectivity index (χ2n) is 4.26. The first-order valence-electron chi connectivity index (χ1n) is 5.93. The number of amidine groups is 1. The molecule has 0 spiro atoms. The van der Waals surface area contributed by atoms with Crippen molar-refractivity contribution in [1.82, 2.24) is 0 Å². The number of hydrogen-bond acceptors (Lipinski definition) is 3. The highest BCUT2D eigenvalue weighted by molar-refractivity contribution is 7.10. The number of halogens is 1. The van der Waals surface area contributed by atoms with E-state index in [1.807, 2.05) is 24.4 Å². The quantitative estimate of drug-likeness (QED) is 0.389. The average Bonchev–Trinajstić information content (AvgIpc) is 2.89. The van der Waals surface area contributed by atoms with Crippen molar-refractivity contribution in [2.24, 2.45) is 5.73 Å². The summed E-state index contributed by atoms with van der Waals surface area (Å²) in [6.07, 6.45) is 0.507. The van der Waals surface area contributed by atoms with Crippen molar-refractivity contribution in [3.05, 3.63) is 56.7 Å². The largest absolute Gasteiger partial charge is 0.389 e. The lowest BCUT2D eigenvalue weighted by molar-refractivity contribution is -0.722. The van der Waals surface area contributed by atoms with Gasteiger partial charge in [-0.05, 0) is 36.1 Å². The van der Waals surface area contributed by atoms with Crippen molar-refractivity contribution in [2.45, 2.75) is 13.3 Å². The molecule has 0 aliphatic rings. The van der Waals surface area contributed by atoms with Crippen LogP contribution in [0.5, 0.6) is 0 Å². The Morgan fingerprint density at radius 1 is 1.45 bits per heavy atom. The minimum Gasteiger partial charge on any atom is -0.288 e. The zero-order chi connectivity index (χ0) is 14.5. The summed E-state index contributed by atoms with van der Waals surface area (Å²) >= 11 is 7.57. The molecule has 2 rings (SSSR count). The molecule has 0 unspecified atom stereocenters. The zero-order valence-corrected chi connectivity index (χ0v) is 12.4. The minimum absolute atomic E-state index is 0.300. The molecule has 0 aliphatic heterocycles. The fourth-order valence-electron chi connectivity index (χ4n) is 1.59. The van der Waals surface area contributed by atoms with E-state index < -0.39 is 5.97 Å². The Labute approximate surface area is 125 Å². The van der Waals surface area contributed by atoms with Gasteiger partial charge in [0.05, 0.1) is 17.0 Å². The first-order chi connectivity index (χ1) is 9.56. The number of aryl methyl sites for hydroxylation is 1. The molecule has 1 heterocycles. The topological polar surface area (TPSA) is 66.3 Å². The molecule has 0 saturated carbocycles. The van der Waals surface area contributed by atoms with Crippen LogP contribution in [-0.2, 0) is 11.3 Å². The average molecular weight is 310 g/mol. The molecule has 3 N–H and O–H groups in total. The lowest BCUT2D eigenvalue weighted by Crippen LogP contribution is -2.75. The van der Waals surface area contributed by atoms with E-state index in [1.54, 1.807) is 29.5 Å². The first-order valence-corrected chi connectivity index (χ1v) is 7.19. The molecule has 0 bridgehead atoms. The van der Waals surface area contributed by atoms with Gasteiger partial charge in [-0.1, -0.05) is 28.9 Å². The van der Waals surface area contributed by atoms with Gasteiger partial charge in [-0.3, -0.25) is 10.6 Å². The molecule has 1 aromatic heterocycles. The number of nitrogens with one attached hydrogen (secondary N) is 1. The summed E-state index contributed by atoms with van der Waals surface area (Å²) in [6, 6.07) is 9.01. The Hall–Kier alpha value is -1.85. The lowest BCUT2D eigenvalue weighted by atomic mass is 10.1. The lowest BCUT2D eigenvalue weighted by Gasteiger charge is -2.01. The van der Waals surface area contributed by atoms with Gasteiger partial charge in [0.15, 0.2) is 0 Å². The normalized spacial score (nSPS) is 11.4. The second kappa shape index (κ2) is 6.54. The van der Waals surface area contributed by atoms with Gasteiger partial charge in [0.25, 0.3) is 5.84 Å². The summed E-state index contributed by atoms with van der Waals surface area (Å²) in [6.45, 7) is 1.89. The predicted octanol–water partition coefficient (Wildman–Crippen LogP) is 1.46. The Balaban J connectivity index is 2.00. The highest BCUT2D eigenvalue weighted by Crippen LogP contribution is 2.17. The summed E-state index contributed by atoms with van der Waals surface area (Å²) < 4.78 is 0. The maximum atomic E-state index is 11.8. The van der Waals surface area contributed by atoms with E-state index in [9.17, 15) is 4.79 Å². The molecule has 0 fully saturated rings. The third-order valence-electron chi connectivity index (χ3n) is 2.56. The van der Waals surface area contributed by atoms with Crippen molar-refractivity contribution in [2.75, 3.05) is 0 Å². The standard InChI is InChI=1S/C14H13ClN2O2S/c1-9-4-5-11(12(15)7-9)14(18)19-17-13(16)8-10-3-2-6-20-10/h2-7H,8H2,1H3,(H2,16,17)/p+1. The fraction of sp³-hybridized carbons (Fsp3) is 0.143. The molecule has 0 atom stereocenters. The van der Waals surface area contributed by atoms with Crippen molar-refractivity contribution in [1.29, 1.82) is 0 Å². The monoisotopic (exact) mass is 309 g/mol. The molecular formula is C14H14ClN2O2S+. The van der Waals surface area contributed by atoms with Crippen molar-refractivity contribution >= 4 is 34.7 Å².